The van der Waals surface area contributed by atoms with Crippen LogP contribution in [0.25, 0.3) is 5.76 Å². The lowest BCUT2D eigenvalue weighted by molar-refractivity contribution is -0.140. The molecular weight excluding hydrogens is 456 g/mol. The van der Waals surface area contributed by atoms with Crippen LogP contribution in [0.2, 0.25) is 0 Å². The number of likely N-dealkylation sites (tertiary alicyclic amines) is 1. The van der Waals surface area contributed by atoms with Crippen molar-refractivity contribution in [3.63, 3.8) is 0 Å². The van der Waals surface area contributed by atoms with Gasteiger partial charge in [-0.3, -0.25) is 14.6 Å². The maximum atomic E-state index is 13.4. The molecule has 2 heterocycles. The summed E-state index contributed by atoms with van der Waals surface area (Å²) in [7, 11) is 3.19. The number of aliphatic hydroxyl groups excluding tert-OH is 1. The highest BCUT2D eigenvalue weighted by Crippen LogP contribution is 2.41. The Morgan fingerprint density at radius 3 is 2.36 bits per heavy atom. The molecule has 4 rings (SSSR count). The van der Waals surface area contributed by atoms with Crippen molar-refractivity contribution in [2.24, 2.45) is 0 Å². The molecule has 1 atom stereocenters. The van der Waals surface area contributed by atoms with E-state index < -0.39 is 17.7 Å². The minimum Gasteiger partial charge on any atom is -0.507 e. The van der Waals surface area contributed by atoms with E-state index in [4.69, 9.17) is 9.47 Å². The van der Waals surface area contributed by atoms with Crippen LogP contribution in [0.3, 0.4) is 0 Å². The predicted octanol–water partition coefficient (Wildman–Crippen LogP) is 5.15. The monoisotopic (exact) mass is 486 g/mol. The Hall–Kier alpha value is -4.13. The van der Waals surface area contributed by atoms with Crippen LogP contribution in [-0.4, -0.2) is 40.9 Å². The second kappa shape index (κ2) is 10.2. The second-order valence-electron chi connectivity index (χ2n) is 9.09. The summed E-state index contributed by atoms with van der Waals surface area (Å²) in [5.74, 6) is -0.117. The molecule has 1 amide bonds. The van der Waals surface area contributed by atoms with Gasteiger partial charge in [-0.1, -0.05) is 32.0 Å². The predicted molar refractivity (Wildman–Crippen MR) is 137 cm³/mol. The maximum Gasteiger partial charge on any atom is 0.296 e. The smallest absolute Gasteiger partial charge is 0.296 e. The van der Waals surface area contributed by atoms with Gasteiger partial charge in [-0.2, -0.15) is 0 Å². The number of aliphatic hydroxyl groups is 1. The molecule has 1 N–H and O–H groups in total. The molecule has 0 aliphatic carbocycles. The van der Waals surface area contributed by atoms with Crippen LogP contribution in [0.1, 0.15) is 53.8 Å². The molecule has 0 radical (unpaired) electrons. The van der Waals surface area contributed by atoms with Crippen molar-refractivity contribution in [3.8, 4) is 11.5 Å². The summed E-state index contributed by atoms with van der Waals surface area (Å²) in [6.45, 7) is 6.06. The highest BCUT2D eigenvalue weighted by atomic mass is 16.5. The van der Waals surface area contributed by atoms with Crippen molar-refractivity contribution in [1.29, 1.82) is 0 Å². The molecule has 1 aliphatic rings. The van der Waals surface area contributed by atoms with Gasteiger partial charge in [0.2, 0.25) is 0 Å². The van der Waals surface area contributed by atoms with Crippen LogP contribution in [-0.2, 0) is 16.1 Å². The first-order valence-corrected chi connectivity index (χ1v) is 11.8. The molecule has 1 unspecified atom stereocenters. The average molecular weight is 487 g/mol. The van der Waals surface area contributed by atoms with Gasteiger partial charge < -0.3 is 19.5 Å². The van der Waals surface area contributed by atoms with Crippen molar-refractivity contribution in [2.75, 3.05) is 14.2 Å². The zero-order chi connectivity index (χ0) is 26.0. The number of hydrogen-bond donors (Lipinski definition) is 1. The Balaban J connectivity index is 1.87. The number of benzene rings is 2. The molecule has 7 nitrogen and oxygen atoms in total. The van der Waals surface area contributed by atoms with Crippen molar-refractivity contribution in [1.82, 2.24) is 9.88 Å². The minimum atomic E-state index is -0.836. The van der Waals surface area contributed by atoms with E-state index in [0.29, 0.717) is 22.8 Å². The lowest BCUT2D eigenvalue weighted by Crippen LogP contribution is -2.29. The van der Waals surface area contributed by atoms with Crippen LogP contribution >= 0.6 is 0 Å². The number of carbonyl (C=O) groups excluding carboxylic acids is 2. The minimum absolute atomic E-state index is 0.0233. The van der Waals surface area contributed by atoms with Gasteiger partial charge in [0.15, 0.2) is 0 Å². The average Bonchev–Trinajstić information content (AvgIpc) is 3.13. The fourth-order valence-electron chi connectivity index (χ4n) is 4.54. The van der Waals surface area contributed by atoms with Crippen molar-refractivity contribution < 1.29 is 24.2 Å². The number of pyridine rings is 1. The number of amides is 1. The third kappa shape index (κ3) is 4.56. The molecular formula is C29H30N2O5. The zero-order valence-electron chi connectivity index (χ0n) is 21.1. The largest absolute Gasteiger partial charge is 0.507 e. The number of carbonyl (C=O) groups is 2. The number of Topliss-reactive ketones (excluding diaryl/α,β-unsaturated/α-hetero) is 1. The van der Waals surface area contributed by atoms with Gasteiger partial charge in [-0.05, 0) is 65.9 Å². The van der Waals surface area contributed by atoms with Crippen molar-refractivity contribution in [2.45, 2.75) is 39.3 Å². The summed E-state index contributed by atoms with van der Waals surface area (Å²) in [5.41, 5.74) is 3.46. The summed E-state index contributed by atoms with van der Waals surface area (Å²) in [6, 6.07) is 15.4. The Morgan fingerprint density at radius 1 is 1.06 bits per heavy atom. The third-order valence-electron chi connectivity index (χ3n) is 6.47. The topological polar surface area (TPSA) is 89.0 Å². The first-order chi connectivity index (χ1) is 17.3. The van der Waals surface area contributed by atoms with E-state index in [1.54, 1.807) is 50.7 Å². The van der Waals surface area contributed by atoms with E-state index in [-0.39, 0.29) is 23.8 Å². The molecule has 1 aliphatic heterocycles. The summed E-state index contributed by atoms with van der Waals surface area (Å²) in [4.78, 5) is 32.6. The molecule has 3 aromatic rings. The van der Waals surface area contributed by atoms with Gasteiger partial charge in [-0.15, -0.1) is 0 Å². The number of rotatable bonds is 7. The van der Waals surface area contributed by atoms with Gasteiger partial charge in [0.25, 0.3) is 11.7 Å². The van der Waals surface area contributed by atoms with E-state index in [2.05, 4.69) is 4.98 Å². The van der Waals surface area contributed by atoms with E-state index in [0.717, 1.165) is 16.7 Å². The van der Waals surface area contributed by atoms with E-state index in [1.165, 1.54) is 4.90 Å². The molecule has 1 saturated heterocycles. The summed E-state index contributed by atoms with van der Waals surface area (Å²) >= 11 is 0. The van der Waals surface area contributed by atoms with Gasteiger partial charge in [-0.25, -0.2) is 0 Å². The molecule has 0 spiro atoms. The van der Waals surface area contributed by atoms with Crippen LogP contribution in [0, 0.1) is 6.92 Å². The number of aryl methyl sites for hydroxylation is 1. The van der Waals surface area contributed by atoms with Crippen LogP contribution in [0.4, 0.5) is 0 Å². The van der Waals surface area contributed by atoms with E-state index in [1.807, 2.05) is 45.0 Å². The first-order valence-electron chi connectivity index (χ1n) is 11.8. The standard InChI is InChI=1S/C29H30N2O5/c1-17(2)21-15-22(18(3)14-24(21)36-5)27(32)25-26(23-8-6-7-13-30-23)31(29(34)28(25)33)16-19-9-11-20(35-4)12-10-19/h6-15,17,26,32H,16H2,1-5H3/b27-25+. The molecule has 0 bridgehead atoms. The quantitative estimate of drug-likeness (QED) is 0.282. The van der Waals surface area contributed by atoms with Crippen molar-refractivity contribution in [3.05, 3.63) is 94.3 Å². The fraction of sp³-hybridized carbons (Fsp3) is 0.276. The Kier molecular flexibility index (Phi) is 7.10. The molecule has 2 aromatic carbocycles. The highest BCUT2D eigenvalue weighted by Gasteiger charge is 2.46. The molecule has 1 fully saturated rings. The molecule has 186 valence electrons. The first kappa shape index (κ1) is 25.0. The van der Waals surface area contributed by atoms with Crippen LogP contribution in [0.5, 0.6) is 11.5 Å². The normalized spacial score (nSPS) is 17.1. The fourth-order valence-corrected chi connectivity index (χ4v) is 4.54. The highest BCUT2D eigenvalue weighted by molar-refractivity contribution is 6.46. The van der Waals surface area contributed by atoms with Gasteiger partial charge in [0.05, 0.1) is 25.5 Å². The van der Waals surface area contributed by atoms with Gasteiger partial charge in [0, 0.05) is 18.3 Å². The maximum absolute atomic E-state index is 13.4. The summed E-state index contributed by atoms with van der Waals surface area (Å²) in [5, 5.41) is 11.5. The lowest BCUT2D eigenvalue weighted by atomic mass is 9.92. The zero-order valence-corrected chi connectivity index (χ0v) is 21.1. The number of nitrogens with zero attached hydrogens (tertiary/aromatic N) is 2. The van der Waals surface area contributed by atoms with Gasteiger partial charge >= 0.3 is 0 Å². The molecule has 1 aromatic heterocycles. The summed E-state index contributed by atoms with van der Waals surface area (Å²) < 4.78 is 10.8. The Labute approximate surface area is 211 Å². The number of ether oxygens (including phenoxy) is 2. The number of aromatic nitrogens is 1. The Bertz CT molecular complexity index is 1310. The van der Waals surface area contributed by atoms with Crippen LogP contribution < -0.4 is 9.47 Å². The van der Waals surface area contributed by atoms with Crippen molar-refractivity contribution >= 4 is 17.4 Å². The Morgan fingerprint density at radius 2 is 1.78 bits per heavy atom. The number of ketones is 1. The number of hydrogen-bond acceptors (Lipinski definition) is 6. The SMILES string of the molecule is COc1ccc(CN2C(=O)C(=O)/C(=C(/O)c3cc(C(C)C)c(OC)cc3C)C2c2ccccn2)cc1. The molecule has 36 heavy (non-hydrogen) atoms. The number of methoxy groups -OCH3 is 2. The summed E-state index contributed by atoms with van der Waals surface area (Å²) in [6.07, 6.45) is 1.61. The van der Waals surface area contributed by atoms with E-state index >= 15 is 0 Å². The second-order valence-corrected chi connectivity index (χ2v) is 9.09. The third-order valence-corrected chi connectivity index (χ3v) is 6.47. The van der Waals surface area contributed by atoms with Gasteiger partial charge in [0.1, 0.15) is 23.3 Å². The van der Waals surface area contributed by atoms with Crippen LogP contribution in [0.15, 0.2) is 66.4 Å². The lowest BCUT2D eigenvalue weighted by Gasteiger charge is -2.25. The molecule has 7 heteroatoms. The molecule has 0 saturated carbocycles. The van der Waals surface area contributed by atoms with E-state index in [9.17, 15) is 14.7 Å².